The zero-order valence-corrected chi connectivity index (χ0v) is 12.2. The first-order valence-electron chi connectivity index (χ1n) is 7.37. The number of piperazine rings is 1. The number of pyridine rings is 1. The smallest absolute Gasteiger partial charge is 0.242 e. The topological polar surface area (TPSA) is 71.2 Å². The maximum Gasteiger partial charge on any atom is 0.242 e. The van der Waals surface area contributed by atoms with E-state index < -0.39 is 0 Å². The molecule has 1 amide bonds. The van der Waals surface area contributed by atoms with E-state index >= 15 is 0 Å². The van der Waals surface area contributed by atoms with Gasteiger partial charge in [0.2, 0.25) is 5.91 Å². The number of anilines is 1. The second kappa shape index (κ2) is 5.69. The highest BCUT2D eigenvalue weighted by Gasteiger charge is 2.30. The van der Waals surface area contributed by atoms with E-state index in [0.29, 0.717) is 13.1 Å². The van der Waals surface area contributed by atoms with E-state index in [0.717, 1.165) is 35.1 Å². The van der Waals surface area contributed by atoms with Gasteiger partial charge in [-0.3, -0.25) is 9.78 Å². The van der Waals surface area contributed by atoms with Crippen LogP contribution in [0.4, 0.5) is 5.69 Å². The van der Waals surface area contributed by atoms with Gasteiger partial charge in [0, 0.05) is 36.8 Å². The minimum absolute atomic E-state index is 0.0904. The Balaban J connectivity index is 2.19. The second-order valence-corrected chi connectivity index (χ2v) is 5.26. The van der Waals surface area contributed by atoms with Gasteiger partial charge in [0.1, 0.15) is 6.04 Å². The predicted octanol–water partition coefficient (Wildman–Crippen LogP) is 1.41. The maximum absolute atomic E-state index is 12.1. The second-order valence-electron chi connectivity index (χ2n) is 5.26. The standard InChI is InChI=1S/C16H20N4O/c1-2-14-16(21)18-7-8-20(14)15-11(9-17)10-19-13-6-4-3-5-12(13)15/h3-6,10,14H,2,7-9,17H2,1H3,(H,18,21). The van der Waals surface area contributed by atoms with Gasteiger partial charge in [-0.1, -0.05) is 25.1 Å². The third kappa shape index (κ3) is 2.34. The molecule has 3 rings (SSSR count). The van der Waals surface area contributed by atoms with Gasteiger partial charge in [-0.15, -0.1) is 0 Å². The molecule has 0 aliphatic carbocycles. The van der Waals surface area contributed by atoms with Crippen molar-refractivity contribution in [2.45, 2.75) is 25.9 Å². The summed E-state index contributed by atoms with van der Waals surface area (Å²) < 4.78 is 0. The SMILES string of the molecule is CCC1C(=O)NCCN1c1c(CN)cnc2ccccc12. The van der Waals surface area contributed by atoms with Crippen molar-refractivity contribution in [3.8, 4) is 0 Å². The van der Waals surface area contributed by atoms with Crippen LogP contribution >= 0.6 is 0 Å². The molecule has 1 aromatic carbocycles. The summed E-state index contributed by atoms with van der Waals surface area (Å²) in [5.41, 5.74) is 8.89. The van der Waals surface area contributed by atoms with E-state index in [1.807, 2.05) is 31.3 Å². The molecule has 1 fully saturated rings. The number of nitrogens with two attached hydrogens (primary N) is 1. The molecule has 1 atom stereocenters. The molecular formula is C16H20N4O. The number of para-hydroxylation sites is 1. The molecule has 5 nitrogen and oxygen atoms in total. The summed E-state index contributed by atoms with van der Waals surface area (Å²) in [7, 11) is 0. The molecule has 1 aliphatic rings. The fraction of sp³-hybridized carbons (Fsp3) is 0.375. The van der Waals surface area contributed by atoms with Gasteiger partial charge in [0.15, 0.2) is 0 Å². The number of aromatic nitrogens is 1. The minimum Gasteiger partial charge on any atom is -0.357 e. The lowest BCUT2D eigenvalue weighted by molar-refractivity contribution is -0.123. The Morgan fingerprint density at radius 2 is 2.24 bits per heavy atom. The highest BCUT2D eigenvalue weighted by molar-refractivity contribution is 5.96. The van der Waals surface area contributed by atoms with Gasteiger partial charge in [0.25, 0.3) is 0 Å². The summed E-state index contributed by atoms with van der Waals surface area (Å²) in [5.74, 6) is 0.0904. The molecule has 1 saturated heterocycles. The average molecular weight is 284 g/mol. The first-order valence-corrected chi connectivity index (χ1v) is 7.37. The molecule has 1 unspecified atom stereocenters. The zero-order chi connectivity index (χ0) is 14.8. The molecule has 1 aromatic heterocycles. The molecule has 21 heavy (non-hydrogen) atoms. The van der Waals surface area contributed by atoms with Crippen LogP contribution in [0.2, 0.25) is 0 Å². The van der Waals surface area contributed by atoms with Crippen LogP contribution in [0, 0.1) is 0 Å². The van der Waals surface area contributed by atoms with Crippen molar-refractivity contribution in [2.75, 3.05) is 18.0 Å². The van der Waals surface area contributed by atoms with Gasteiger partial charge in [-0.25, -0.2) is 0 Å². The molecule has 0 bridgehead atoms. The molecule has 110 valence electrons. The van der Waals surface area contributed by atoms with Gasteiger partial charge in [-0.2, -0.15) is 0 Å². The normalized spacial score (nSPS) is 18.9. The summed E-state index contributed by atoms with van der Waals surface area (Å²) in [4.78, 5) is 18.8. The third-order valence-electron chi connectivity index (χ3n) is 4.05. The summed E-state index contributed by atoms with van der Waals surface area (Å²) in [6.45, 7) is 3.91. The molecule has 2 heterocycles. The summed E-state index contributed by atoms with van der Waals surface area (Å²) >= 11 is 0. The zero-order valence-electron chi connectivity index (χ0n) is 12.2. The number of amides is 1. The Kier molecular flexibility index (Phi) is 3.75. The number of hydrogen-bond acceptors (Lipinski definition) is 4. The van der Waals surface area contributed by atoms with E-state index in [2.05, 4.69) is 21.3 Å². The van der Waals surface area contributed by atoms with Crippen LogP contribution in [0.15, 0.2) is 30.5 Å². The van der Waals surface area contributed by atoms with Crippen LogP contribution in [0.5, 0.6) is 0 Å². The number of rotatable bonds is 3. The van der Waals surface area contributed by atoms with Crippen LogP contribution in [0.1, 0.15) is 18.9 Å². The number of nitrogens with one attached hydrogen (secondary N) is 1. The minimum atomic E-state index is -0.144. The van der Waals surface area contributed by atoms with Crippen molar-refractivity contribution < 1.29 is 4.79 Å². The van der Waals surface area contributed by atoms with Crippen molar-refractivity contribution in [3.63, 3.8) is 0 Å². The summed E-state index contributed by atoms with van der Waals surface area (Å²) in [6.07, 6.45) is 2.60. The van der Waals surface area contributed by atoms with Gasteiger partial charge < -0.3 is 16.0 Å². The highest BCUT2D eigenvalue weighted by atomic mass is 16.2. The fourth-order valence-electron chi connectivity index (χ4n) is 3.04. The van der Waals surface area contributed by atoms with Crippen molar-refractivity contribution >= 4 is 22.5 Å². The molecule has 0 radical (unpaired) electrons. The lowest BCUT2D eigenvalue weighted by Crippen LogP contribution is -2.55. The van der Waals surface area contributed by atoms with Crippen LogP contribution in [-0.2, 0) is 11.3 Å². The van der Waals surface area contributed by atoms with Gasteiger partial charge >= 0.3 is 0 Å². The van der Waals surface area contributed by atoms with E-state index in [1.165, 1.54) is 0 Å². The number of hydrogen-bond donors (Lipinski definition) is 2. The van der Waals surface area contributed by atoms with Gasteiger partial charge in [0.05, 0.1) is 11.2 Å². The van der Waals surface area contributed by atoms with Crippen molar-refractivity contribution in [3.05, 3.63) is 36.0 Å². The third-order valence-corrected chi connectivity index (χ3v) is 4.05. The maximum atomic E-state index is 12.1. The van der Waals surface area contributed by atoms with Crippen LogP contribution < -0.4 is 16.0 Å². The molecule has 3 N–H and O–H groups in total. The van der Waals surface area contributed by atoms with Crippen LogP contribution in [-0.4, -0.2) is 30.0 Å². The molecule has 0 saturated carbocycles. The number of carbonyl (C=O) groups excluding carboxylic acids is 1. The average Bonchev–Trinajstić information content (AvgIpc) is 2.53. The Morgan fingerprint density at radius 1 is 1.43 bits per heavy atom. The summed E-state index contributed by atoms with van der Waals surface area (Å²) in [5, 5.41) is 4.00. The monoisotopic (exact) mass is 284 g/mol. The lowest BCUT2D eigenvalue weighted by atomic mass is 10.0. The number of carbonyl (C=O) groups is 1. The fourth-order valence-corrected chi connectivity index (χ4v) is 3.04. The van der Waals surface area contributed by atoms with Crippen LogP contribution in [0.3, 0.4) is 0 Å². The number of nitrogens with zero attached hydrogens (tertiary/aromatic N) is 2. The number of fused-ring (bicyclic) bond motifs is 1. The van der Waals surface area contributed by atoms with E-state index in [4.69, 9.17) is 5.73 Å². The highest BCUT2D eigenvalue weighted by Crippen LogP contribution is 2.32. The number of benzene rings is 1. The van der Waals surface area contributed by atoms with E-state index in [-0.39, 0.29) is 11.9 Å². The lowest BCUT2D eigenvalue weighted by Gasteiger charge is -2.38. The molecule has 1 aliphatic heterocycles. The molecular weight excluding hydrogens is 264 g/mol. The van der Waals surface area contributed by atoms with Gasteiger partial charge in [-0.05, 0) is 12.5 Å². The predicted molar refractivity (Wildman–Crippen MR) is 84.1 cm³/mol. The quantitative estimate of drug-likeness (QED) is 0.894. The van der Waals surface area contributed by atoms with Crippen molar-refractivity contribution in [1.82, 2.24) is 10.3 Å². The van der Waals surface area contributed by atoms with Crippen molar-refractivity contribution in [1.29, 1.82) is 0 Å². The summed E-state index contributed by atoms with van der Waals surface area (Å²) in [6, 6.07) is 7.87. The Hall–Kier alpha value is -2.14. The van der Waals surface area contributed by atoms with Crippen LogP contribution in [0.25, 0.3) is 10.9 Å². The molecule has 0 spiro atoms. The Morgan fingerprint density at radius 3 is 3.00 bits per heavy atom. The molecule has 5 heteroatoms. The largest absolute Gasteiger partial charge is 0.357 e. The first-order chi connectivity index (χ1) is 10.3. The van der Waals surface area contributed by atoms with E-state index in [1.54, 1.807) is 0 Å². The Labute approximate surface area is 124 Å². The first kappa shape index (κ1) is 13.8. The van der Waals surface area contributed by atoms with Crippen molar-refractivity contribution in [2.24, 2.45) is 5.73 Å². The van der Waals surface area contributed by atoms with E-state index in [9.17, 15) is 4.79 Å². The Bertz CT molecular complexity index is 670. The molecule has 2 aromatic rings.